The van der Waals surface area contributed by atoms with E-state index in [1.165, 1.54) is 31.2 Å². The number of amides is 2. The van der Waals surface area contributed by atoms with E-state index in [0.717, 1.165) is 33.9 Å². The van der Waals surface area contributed by atoms with E-state index in [2.05, 4.69) is 10.3 Å². The molecule has 0 aliphatic carbocycles. The summed E-state index contributed by atoms with van der Waals surface area (Å²) >= 11 is 1.09. The Morgan fingerprint density at radius 3 is 2.55 bits per heavy atom. The molecule has 0 aliphatic heterocycles. The van der Waals surface area contributed by atoms with Gasteiger partial charge >= 0.3 is 6.18 Å². The first-order chi connectivity index (χ1) is 14.7. The lowest BCUT2D eigenvalue weighted by atomic mass is 10.2. The van der Waals surface area contributed by atoms with Crippen LogP contribution in [0.4, 0.5) is 24.0 Å². The van der Waals surface area contributed by atoms with E-state index >= 15 is 0 Å². The molecule has 160 valence electrons. The Balaban J connectivity index is 1.72. The van der Waals surface area contributed by atoms with E-state index in [1.807, 2.05) is 30.3 Å². The average molecular weight is 445 g/mol. The number of anilines is 2. The minimum Gasteiger partial charge on any atom is -0.348 e. The molecule has 1 aromatic heterocycles. The van der Waals surface area contributed by atoms with Gasteiger partial charge in [0.2, 0.25) is 11.8 Å². The van der Waals surface area contributed by atoms with Gasteiger partial charge in [-0.15, -0.1) is 11.3 Å². The van der Waals surface area contributed by atoms with Gasteiger partial charge in [-0.25, -0.2) is 4.98 Å². The molecule has 3 aromatic rings. The molecular formula is C22H18F3N3O2S. The van der Waals surface area contributed by atoms with Crippen molar-refractivity contribution in [3.63, 3.8) is 0 Å². The zero-order valence-electron chi connectivity index (χ0n) is 16.4. The molecule has 0 saturated carbocycles. The van der Waals surface area contributed by atoms with Crippen molar-refractivity contribution in [2.24, 2.45) is 0 Å². The van der Waals surface area contributed by atoms with Crippen molar-refractivity contribution >= 4 is 40.0 Å². The maximum atomic E-state index is 13.0. The van der Waals surface area contributed by atoms with Gasteiger partial charge in [0.05, 0.1) is 16.9 Å². The predicted octanol–water partition coefficient (Wildman–Crippen LogP) is 5.18. The maximum absolute atomic E-state index is 13.0. The smallest absolute Gasteiger partial charge is 0.348 e. The summed E-state index contributed by atoms with van der Waals surface area (Å²) in [5.74, 6) is -0.801. The standard InChI is InChI=1S/C22H18F3N3O2S/c1-15(29)28(19-9-5-8-17(12-19)22(23,24)25)21-27-18(14-31-21)10-11-20(30)26-13-16-6-3-2-4-7-16/h2-12,14H,13H2,1H3,(H,26,30)/b11-10+. The van der Waals surface area contributed by atoms with Crippen LogP contribution in [-0.2, 0) is 22.3 Å². The Morgan fingerprint density at radius 1 is 1.13 bits per heavy atom. The molecule has 3 rings (SSSR count). The molecule has 0 aliphatic rings. The lowest BCUT2D eigenvalue weighted by Gasteiger charge is -2.19. The van der Waals surface area contributed by atoms with Gasteiger partial charge in [0.1, 0.15) is 0 Å². The molecule has 2 amide bonds. The number of alkyl halides is 3. The highest BCUT2D eigenvalue weighted by Crippen LogP contribution is 2.35. The van der Waals surface area contributed by atoms with E-state index in [9.17, 15) is 22.8 Å². The first-order valence-electron chi connectivity index (χ1n) is 9.17. The van der Waals surface area contributed by atoms with Crippen molar-refractivity contribution in [1.29, 1.82) is 0 Å². The largest absolute Gasteiger partial charge is 0.416 e. The Hall–Kier alpha value is -3.46. The van der Waals surface area contributed by atoms with Crippen LogP contribution < -0.4 is 10.2 Å². The number of halogens is 3. The highest BCUT2D eigenvalue weighted by Gasteiger charge is 2.31. The van der Waals surface area contributed by atoms with Gasteiger partial charge in [0, 0.05) is 24.9 Å². The third-order valence-corrected chi connectivity index (χ3v) is 5.01. The van der Waals surface area contributed by atoms with Crippen molar-refractivity contribution in [2.75, 3.05) is 4.90 Å². The summed E-state index contributed by atoms with van der Waals surface area (Å²) in [4.78, 5) is 29.5. The van der Waals surface area contributed by atoms with Gasteiger partial charge in [0.25, 0.3) is 0 Å². The van der Waals surface area contributed by atoms with Gasteiger partial charge in [-0.1, -0.05) is 36.4 Å². The number of nitrogens with one attached hydrogen (secondary N) is 1. The summed E-state index contributed by atoms with van der Waals surface area (Å²) in [5.41, 5.74) is 0.572. The minimum atomic E-state index is -4.53. The molecule has 31 heavy (non-hydrogen) atoms. The number of carbonyl (C=O) groups is 2. The molecule has 1 heterocycles. The zero-order valence-corrected chi connectivity index (χ0v) is 17.2. The van der Waals surface area contributed by atoms with Crippen molar-refractivity contribution in [1.82, 2.24) is 10.3 Å². The van der Waals surface area contributed by atoms with E-state index in [4.69, 9.17) is 0 Å². The number of rotatable bonds is 6. The molecular weight excluding hydrogens is 427 g/mol. The molecule has 0 fully saturated rings. The number of benzene rings is 2. The topological polar surface area (TPSA) is 62.3 Å². The Kier molecular flexibility index (Phi) is 6.86. The van der Waals surface area contributed by atoms with Crippen LogP contribution >= 0.6 is 11.3 Å². The lowest BCUT2D eigenvalue weighted by Crippen LogP contribution is -2.23. The Morgan fingerprint density at radius 2 is 1.87 bits per heavy atom. The van der Waals surface area contributed by atoms with Crippen molar-refractivity contribution in [2.45, 2.75) is 19.6 Å². The molecule has 0 bridgehead atoms. The number of hydrogen-bond acceptors (Lipinski definition) is 4. The van der Waals surface area contributed by atoms with Crippen molar-refractivity contribution in [3.05, 3.63) is 82.9 Å². The molecule has 9 heteroatoms. The summed E-state index contributed by atoms with van der Waals surface area (Å²) in [6.45, 7) is 1.62. The lowest BCUT2D eigenvalue weighted by molar-refractivity contribution is -0.137. The second kappa shape index (κ2) is 9.57. The Labute approximate surface area is 180 Å². The molecule has 0 saturated heterocycles. The fraction of sp³-hybridized carbons (Fsp3) is 0.136. The van der Waals surface area contributed by atoms with Crippen LogP contribution in [0.3, 0.4) is 0 Å². The highest BCUT2D eigenvalue weighted by molar-refractivity contribution is 7.14. The van der Waals surface area contributed by atoms with Gasteiger partial charge in [-0.3, -0.25) is 14.5 Å². The van der Waals surface area contributed by atoms with Crippen LogP contribution in [0.1, 0.15) is 23.7 Å². The molecule has 0 spiro atoms. The van der Waals surface area contributed by atoms with E-state index < -0.39 is 17.6 Å². The van der Waals surface area contributed by atoms with Gasteiger partial charge in [-0.05, 0) is 29.8 Å². The van der Waals surface area contributed by atoms with Crippen LogP contribution in [0.2, 0.25) is 0 Å². The summed E-state index contributed by atoms with van der Waals surface area (Å²) < 4.78 is 39.1. The fourth-order valence-corrected chi connectivity index (χ4v) is 3.56. The van der Waals surface area contributed by atoms with E-state index in [1.54, 1.807) is 5.38 Å². The second-order valence-electron chi connectivity index (χ2n) is 6.49. The summed E-state index contributed by atoms with van der Waals surface area (Å²) in [7, 11) is 0. The molecule has 1 N–H and O–H groups in total. The monoisotopic (exact) mass is 445 g/mol. The summed E-state index contributed by atoms with van der Waals surface area (Å²) in [5, 5.41) is 4.56. The highest BCUT2D eigenvalue weighted by atomic mass is 32.1. The van der Waals surface area contributed by atoms with Gasteiger partial charge in [-0.2, -0.15) is 13.2 Å². The van der Waals surface area contributed by atoms with Crippen LogP contribution in [0.5, 0.6) is 0 Å². The van der Waals surface area contributed by atoms with Crippen molar-refractivity contribution in [3.8, 4) is 0 Å². The number of nitrogens with zero attached hydrogens (tertiary/aromatic N) is 2. The number of aromatic nitrogens is 1. The van der Waals surface area contributed by atoms with Crippen LogP contribution in [0, 0.1) is 0 Å². The quantitative estimate of drug-likeness (QED) is 0.532. The first-order valence-corrected chi connectivity index (χ1v) is 10.1. The number of thiazole rings is 1. The SMILES string of the molecule is CC(=O)N(c1cccc(C(F)(F)F)c1)c1nc(/C=C/C(=O)NCc2ccccc2)cs1. The summed E-state index contributed by atoms with van der Waals surface area (Å²) in [6.07, 6.45) is -1.74. The maximum Gasteiger partial charge on any atom is 0.416 e. The summed E-state index contributed by atoms with van der Waals surface area (Å²) in [6, 6.07) is 13.9. The fourth-order valence-electron chi connectivity index (χ4n) is 2.71. The molecule has 0 unspecified atom stereocenters. The normalized spacial score (nSPS) is 11.5. The third kappa shape index (κ3) is 6.02. The Bertz CT molecular complexity index is 1090. The molecule has 2 aromatic carbocycles. The molecule has 5 nitrogen and oxygen atoms in total. The predicted molar refractivity (Wildman–Crippen MR) is 114 cm³/mol. The molecule has 0 radical (unpaired) electrons. The zero-order chi connectivity index (χ0) is 22.4. The second-order valence-corrected chi connectivity index (χ2v) is 7.33. The van der Waals surface area contributed by atoms with E-state index in [-0.39, 0.29) is 16.7 Å². The third-order valence-electron chi connectivity index (χ3n) is 4.16. The average Bonchev–Trinajstić information content (AvgIpc) is 3.19. The first kappa shape index (κ1) is 22.2. The number of carbonyl (C=O) groups excluding carboxylic acids is 2. The molecule has 0 atom stereocenters. The van der Waals surface area contributed by atoms with Crippen LogP contribution in [0.15, 0.2) is 66.1 Å². The minimum absolute atomic E-state index is 0.0628. The van der Waals surface area contributed by atoms with Crippen LogP contribution in [-0.4, -0.2) is 16.8 Å². The van der Waals surface area contributed by atoms with E-state index in [0.29, 0.717) is 12.2 Å². The van der Waals surface area contributed by atoms with Crippen molar-refractivity contribution < 1.29 is 22.8 Å². The van der Waals surface area contributed by atoms with Gasteiger partial charge < -0.3 is 5.32 Å². The van der Waals surface area contributed by atoms with Crippen LogP contribution in [0.25, 0.3) is 6.08 Å². The van der Waals surface area contributed by atoms with Gasteiger partial charge in [0.15, 0.2) is 5.13 Å². The number of hydrogen-bond donors (Lipinski definition) is 1.